The molecule has 0 aliphatic carbocycles. The van der Waals surface area contributed by atoms with E-state index in [1.54, 1.807) is 36.4 Å². The maximum atomic E-state index is 12.1. The molecule has 2 aromatic carbocycles. The Bertz CT molecular complexity index is 730. The largest absolute Gasteiger partial charge is 0.494 e. The van der Waals surface area contributed by atoms with E-state index in [1.807, 2.05) is 19.9 Å². The lowest BCUT2D eigenvalue weighted by molar-refractivity contribution is -0.115. The molecule has 6 heteroatoms. The molecule has 0 saturated carbocycles. The Balaban J connectivity index is 1.87. The molecule has 0 heterocycles. The highest BCUT2D eigenvalue weighted by atomic mass is 79.9. The summed E-state index contributed by atoms with van der Waals surface area (Å²) in [6.45, 7) is 4.25. The zero-order chi connectivity index (χ0) is 17.5. The van der Waals surface area contributed by atoms with E-state index >= 15 is 0 Å². The van der Waals surface area contributed by atoms with Gasteiger partial charge in [0, 0.05) is 15.7 Å². The highest BCUT2D eigenvalue weighted by molar-refractivity contribution is 9.10. The van der Waals surface area contributed by atoms with Crippen LogP contribution in [-0.2, 0) is 4.79 Å². The Morgan fingerprint density at radius 1 is 1.12 bits per heavy atom. The minimum absolute atomic E-state index is 0.0957. The van der Waals surface area contributed by atoms with Crippen LogP contribution in [0.15, 0.2) is 46.9 Å². The molecule has 0 unspecified atom stereocenters. The fourth-order valence-electron chi connectivity index (χ4n) is 2.14. The molecule has 0 atom stereocenters. The summed E-state index contributed by atoms with van der Waals surface area (Å²) in [7, 11) is 0. The molecule has 0 fully saturated rings. The minimum atomic E-state index is -0.290. The van der Waals surface area contributed by atoms with Crippen LogP contribution in [0.5, 0.6) is 5.75 Å². The second kappa shape index (κ2) is 8.49. The van der Waals surface area contributed by atoms with Gasteiger partial charge in [0.25, 0.3) is 5.91 Å². The molecule has 2 amide bonds. The second-order valence-electron chi connectivity index (χ2n) is 5.15. The van der Waals surface area contributed by atoms with Crippen molar-refractivity contribution in [1.82, 2.24) is 5.32 Å². The van der Waals surface area contributed by atoms with E-state index in [9.17, 15) is 9.59 Å². The average molecular weight is 391 g/mol. The third kappa shape index (κ3) is 5.09. The number of amides is 2. The van der Waals surface area contributed by atoms with Crippen LogP contribution in [0, 0.1) is 6.92 Å². The van der Waals surface area contributed by atoms with E-state index < -0.39 is 0 Å². The van der Waals surface area contributed by atoms with Gasteiger partial charge in [-0.15, -0.1) is 0 Å². The Morgan fingerprint density at radius 3 is 2.46 bits per heavy atom. The van der Waals surface area contributed by atoms with Crippen molar-refractivity contribution in [1.29, 1.82) is 0 Å². The zero-order valence-corrected chi connectivity index (χ0v) is 15.1. The molecule has 126 valence electrons. The van der Waals surface area contributed by atoms with Crippen molar-refractivity contribution in [2.45, 2.75) is 13.8 Å². The van der Waals surface area contributed by atoms with Gasteiger partial charge >= 0.3 is 0 Å². The molecular formula is C18H19BrN2O3. The third-order valence-corrected chi connectivity index (χ3v) is 3.78. The highest BCUT2D eigenvalue weighted by Crippen LogP contribution is 2.16. The number of ether oxygens (including phenoxy) is 1. The summed E-state index contributed by atoms with van der Waals surface area (Å²) in [6.07, 6.45) is 0. The molecule has 0 bridgehead atoms. The number of carbonyl (C=O) groups is 2. The number of benzene rings is 2. The lowest BCUT2D eigenvalue weighted by Crippen LogP contribution is -2.33. The van der Waals surface area contributed by atoms with Crippen molar-refractivity contribution in [3.8, 4) is 5.75 Å². The minimum Gasteiger partial charge on any atom is -0.494 e. The topological polar surface area (TPSA) is 67.4 Å². The SMILES string of the molecule is CCOc1ccc(NC(=O)CNC(=O)c2ccc(Br)cc2C)cc1. The first-order valence-corrected chi connectivity index (χ1v) is 8.36. The molecular weight excluding hydrogens is 372 g/mol. The van der Waals surface area contributed by atoms with Crippen LogP contribution in [0.3, 0.4) is 0 Å². The highest BCUT2D eigenvalue weighted by Gasteiger charge is 2.11. The summed E-state index contributed by atoms with van der Waals surface area (Å²) < 4.78 is 6.25. The van der Waals surface area contributed by atoms with Crippen molar-refractivity contribution >= 4 is 33.4 Å². The lowest BCUT2D eigenvalue weighted by Gasteiger charge is -2.09. The molecule has 0 spiro atoms. The van der Waals surface area contributed by atoms with Crippen molar-refractivity contribution in [3.63, 3.8) is 0 Å². The van der Waals surface area contributed by atoms with E-state index in [4.69, 9.17) is 4.74 Å². The summed E-state index contributed by atoms with van der Waals surface area (Å²) in [5, 5.41) is 5.35. The molecule has 2 N–H and O–H groups in total. The predicted octanol–water partition coefficient (Wildman–Crippen LogP) is 3.52. The Kier molecular flexibility index (Phi) is 6.37. The molecule has 0 radical (unpaired) electrons. The van der Waals surface area contributed by atoms with E-state index in [-0.39, 0.29) is 18.4 Å². The smallest absolute Gasteiger partial charge is 0.251 e. The van der Waals surface area contributed by atoms with Crippen LogP contribution in [0.2, 0.25) is 0 Å². The van der Waals surface area contributed by atoms with Crippen LogP contribution in [0.1, 0.15) is 22.8 Å². The van der Waals surface area contributed by atoms with E-state index in [0.29, 0.717) is 17.9 Å². The molecule has 5 nitrogen and oxygen atoms in total. The van der Waals surface area contributed by atoms with Crippen LogP contribution in [0.4, 0.5) is 5.69 Å². The van der Waals surface area contributed by atoms with Crippen molar-refractivity contribution in [2.75, 3.05) is 18.5 Å². The standard InChI is InChI=1S/C18H19BrN2O3/c1-3-24-15-7-5-14(6-8-15)21-17(22)11-20-18(23)16-9-4-13(19)10-12(16)2/h4-10H,3,11H2,1-2H3,(H,20,23)(H,21,22). The van der Waals surface area contributed by atoms with E-state index in [1.165, 1.54) is 0 Å². The predicted molar refractivity (Wildman–Crippen MR) is 97.5 cm³/mol. The van der Waals surface area contributed by atoms with Gasteiger partial charge in [0.2, 0.25) is 5.91 Å². The summed E-state index contributed by atoms with van der Waals surface area (Å²) in [5.41, 5.74) is 2.04. The number of nitrogens with one attached hydrogen (secondary N) is 2. The Morgan fingerprint density at radius 2 is 1.83 bits per heavy atom. The van der Waals surface area contributed by atoms with Gasteiger partial charge < -0.3 is 15.4 Å². The van der Waals surface area contributed by atoms with Gasteiger partial charge in [-0.2, -0.15) is 0 Å². The molecule has 0 saturated heterocycles. The molecule has 0 aromatic heterocycles. The average Bonchev–Trinajstić information content (AvgIpc) is 2.55. The molecule has 2 aromatic rings. The monoisotopic (exact) mass is 390 g/mol. The zero-order valence-electron chi connectivity index (χ0n) is 13.6. The van der Waals surface area contributed by atoms with Gasteiger partial charge in [0.15, 0.2) is 0 Å². The van der Waals surface area contributed by atoms with Crippen LogP contribution >= 0.6 is 15.9 Å². The number of anilines is 1. The van der Waals surface area contributed by atoms with Gasteiger partial charge in [-0.3, -0.25) is 9.59 Å². The molecule has 0 aliphatic heterocycles. The van der Waals surface area contributed by atoms with Gasteiger partial charge in [-0.1, -0.05) is 15.9 Å². The number of halogens is 1. The molecule has 2 rings (SSSR count). The number of hydrogen-bond acceptors (Lipinski definition) is 3. The number of aryl methyl sites for hydroxylation is 1. The van der Waals surface area contributed by atoms with Gasteiger partial charge in [-0.05, 0) is 61.9 Å². The van der Waals surface area contributed by atoms with Gasteiger partial charge in [0.05, 0.1) is 13.2 Å². The van der Waals surface area contributed by atoms with Crippen molar-refractivity contribution < 1.29 is 14.3 Å². The van der Waals surface area contributed by atoms with Crippen LogP contribution in [-0.4, -0.2) is 25.0 Å². The maximum Gasteiger partial charge on any atom is 0.251 e. The summed E-state index contributed by atoms with van der Waals surface area (Å²) in [4.78, 5) is 24.1. The summed E-state index contributed by atoms with van der Waals surface area (Å²) in [6, 6.07) is 12.4. The lowest BCUT2D eigenvalue weighted by atomic mass is 10.1. The van der Waals surface area contributed by atoms with Gasteiger partial charge in [0.1, 0.15) is 5.75 Å². The van der Waals surface area contributed by atoms with Gasteiger partial charge in [-0.25, -0.2) is 0 Å². The number of carbonyl (C=O) groups excluding carboxylic acids is 2. The normalized spacial score (nSPS) is 10.1. The van der Waals surface area contributed by atoms with Crippen molar-refractivity contribution in [2.24, 2.45) is 0 Å². The fraction of sp³-hybridized carbons (Fsp3) is 0.222. The van der Waals surface area contributed by atoms with E-state index in [2.05, 4.69) is 26.6 Å². The Labute approximate surface area is 149 Å². The van der Waals surface area contributed by atoms with Crippen LogP contribution < -0.4 is 15.4 Å². The van der Waals surface area contributed by atoms with Crippen LogP contribution in [0.25, 0.3) is 0 Å². The first-order valence-electron chi connectivity index (χ1n) is 7.56. The third-order valence-electron chi connectivity index (χ3n) is 3.29. The number of rotatable bonds is 6. The maximum absolute atomic E-state index is 12.1. The second-order valence-corrected chi connectivity index (χ2v) is 6.06. The summed E-state index contributed by atoms with van der Waals surface area (Å²) >= 11 is 3.35. The quantitative estimate of drug-likeness (QED) is 0.792. The first kappa shape index (κ1) is 18.0. The molecule has 0 aliphatic rings. The number of hydrogen-bond donors (Lipinski definition) is 2. The molecule has 24 heavy (non-hydrogen) atoms. The summed E-state index contributed by atoms with van der Waals surface area (Å²) in [5.74, 6) is 0.179. The van der Waals surface area contributed by atoms with Crippen molar-refractivity contribution in [3.05, 3.63) is 58.1 Å². The first-order chi connectivity index (χ1) is 11.5. The Hall–Kier alpha value is -2.34. The fourth-order valence-corrected chi connectivity index (χ4v) is 2.62. The van der Waals surface area contributed by atoms with E-state index in [0.717, 1.165) is 15.8 Å².